The molecular weight excluding hydrogens is 316 g/mol. The average Bonchev–Trinajstić information content (AvgIpc) is 2.74. The second-order valence-electron chi connectivity index (χ2n) is 7.48. The van der Waals surface area contributed by atoms with Gasteiger partial charge >= 0.3 is 6.03 Å². The number of nitrogens with zero attached hydrogens (tertiary/aromatic N) is 1. The maximum Gasteiger partial charge on any atom is 0.325 e. The second-order valence-corrected chi connectivity index (χ2v) is 9.78. The van der Waals surface area contributed by atoms with Crippen LogP contribution in [0.3, 0.4) is 0 Å². The van der Waals surface area contributed by atoms with Crippen LogP contribution in [0.4, 0.5) is 4.79 Å². The number of imide groups is 1. The number of nitrogens with one attached hydrogen (secondary N) is 1. The van der Waals surface area contributed by atoms with Crippen LogP contribution in [0.1, 0.15) is 51.9 Å². The number of carbonyl (C=O) groups excluding carboxylic acids is 2. The average molecular weight is 342 g/mol. The summed E-state index contributed by atoms with van der Waals surface area (Å²) in [5, 5.41) is 2.92. The minimum absolute atomic E-state index is 0.0990. The Morgan fingerprint density at radius 1 is 1.09 bits per heavy atom. The molecule has 130 valence electrons. The third-order valence-corrected chi connectivity index (χ3v) is 7.55. The number of hydrogen-bond donors (Lipinski definition) is 1. The highest BCUT2D eigenvalue weighted by atomic mass is 32.2. The maximum absolute atomic E-state index is 12.9. The Morgan fingerprint density at radius 3 is 2.30 bits per heavy atom. The third kappa shape index (κ3) is 3.25. The quantitative estimate of drug-likeness (QED) is 0.791. The summed E-state index contributed by atoms with van der Waals surface area (Å²) < 4.78 is 23.0. The third-order valence-electron chi connectivity index (χ3n) is 5.84. The number of hydrogen-bond acceptors (Lipinski definition) is 4. The van der Waals surface area contributed by atoms with Crippen LogP contribution in [0.2, 0.25) is 0 Å². The smallest absolute Gasteiger partial charge is 0.323 e. The van der Waals surface area contributed by atoms with Crippen LogP contribution in [-0.2, 0) is 14.6 Å². The van der Waals surface area contributed by atoms with Crippen molar-refractivity contribution in [2.45, 2.75) is 57.4 Å². The summed E-state index contributed by atoms with van der Waals surface area (Å²) in [6, 6.07) is -0.309. The summed E-state index contributed by atoms with van der Waals surface area (Å²) in [5.74, 6) is 0.525. The molecule has 3 fully saturated rings. The number of rotatable bonds is 3. The van der Waals surface area contributed by atoms with E-state index < -0.39 is 15.4 Å². The van der Waals surface area contributed by atoms with E-state index in [1.165, 1.54) is 11.3 Å². The van der Waals surface area contributed by atoms with Crippen molar-refractivity contribution < 1.29 is 18.0 Å². The molecule has 23 heavy (non-hydrogen) atoms. The van der Waals surface area contributed by atoms with Gasteiger partial charge in [-0.2, -0.15) is 0 Å². The second kappa shape index (κ2) is 6.07. The number of urea groups is 1. The van der Waals surface area contributed by atoms with Crippen molar-refractivity contribution in [3.8, 4) is 0 Å². The molecule has 3 rings (SSSR count). The fourth-order valence-corrected chi connectivity index (χ4v) is 5.81. The van der Waals surface area contributed by atoms with Gasteiger partial charge in [0.15, 0.2) is 0 Å². The molecule has 2 heterocycles. The zero-order valence-electron chi connectivity index (χ0n) is 13.7. The van der Waals surface area contributed by atoms with E-state index in [1.54, 1.807) is 0 Å². The Bertz CT molecular complexity index is 583. The van der Waals surface area contributed by atoms with Crippen LogP contribution >= 0.6 is 0 Å². The van der Waals surface area contributed by atoms with Gasteiger partial charge in [0.2, 0.25) is 0 Å². The van der Waals surface area contributed by atoms with Crippen LogP contribution in [0, 0.1) is 11.8 Å². The molecule has 0 aromatic heterocycles. The molecule has 1 aliphatic carbocycles. The van der Waals surface area contributed by atoms with E-state index in [9.17, 15) is 18.0 Å². The molecule has 2 aliphatic heterocycles. The number of amides is 3. The van der Waals surface area contributed by atoms with Crippen LogP contribution in [0.5, 0.6) is 0 Å². The van der Waals surface area contributed by atoms with Gasteiger partial charge in [-0.1, -0.05) is 19.3 Å². The molecule has 1 N–H and O–H groups in total. The first-order valence-electron chi connectivity index (χ1n) is 8.66. The van der Waals surface area contributed by atoms with Crippen molar-refractivity contribution in [2.75, 3.05) is 18.1 Å². The molecule has 0 spiro atoms. The van der Waals surface area contributed by atoms with Crippen molar-refractivity contribution in [3.63, 3.8) is 0 Å². The van der Waals surface area contributed by atoms with Gasteiger partial charge in [0.25, 0.3) is 5.91 Å². The first-order valence-corrected chi connectivity index (χ1v) is 10.5. The Hall–Kier alpha value is -1.11. The predicted molar refractivity (Wildman–Crippen MR) is 86.6 cm³/mol. The van der Waals surface area contributed by atoms with E-state index in [4.69, 9.17) is 0 Å². The lowest BCUT2D eigenvalue weighted by molar-refractivity contribution is -0.133. The summed E-state index contributed by atoms with van der Waals surface area (Å²) in [6.45, 7) is 2.21. The van der Waals surface area contributed by atoms with Crippen LogP contribution in [0.25, 0.3) is 0 Å². The standard InChI is InChI=1S/C16H26N2O4S/c1-16(13-5-3-2-4-6-13)14(19)18(15(20)17-16)11-12-7-9-23(21,22)10-8-12/h12-13H,2-11H2,1H3,(H,17,20)/t16-/m1/s1. The van der Waals surface area contributed by atoms with Crippen LogP contribution in [0.15, 0.2) is 0 Å². The van der Waals surface area contributed by atoms with Crippen molar-refractivity contribution >= 4 is 21.8 Å². The largest absolute Gasteiger partial charge is 0.325 e. The van der Waals surface area contributed by atoms with E-state index in [1.807, 2.05) is 6.92 Å². The van der Waals surface area contributed by atoms with Crippen molar-refractivity contribution in [1.82, 2.24) is 10.2 Å². The molecule has 0 aromatic rings. The monoisotopic (exact) mass is 342 g/mol. The molecule has 7 heteroatoms. The topological polar surface area (TPSA) is 83.6 Å². The molecule has 3 amide bonds. The molecule has 3 aliphatic rings. The molecule has 1 atom stereocenters. The van der Waals surface area contributed by atoms with E-state index in [0.29, 0.717) is 19.4 Å². The van der Waals surface area contributed by atoms with Crippen LogP contribution < -0.4 is 5.32 Å². The van der Waals surface area contributed by atoms with Gasteiger partial charge in [0, 0.05) is 6.54 Å². The Morgan fingerprint density at radius 2 is 1.70 bits per heavy atom. The van der Waals surface area contributed by atoms with Gasteiger partial charge in [-0.15, -0.1) is 0 Å². The van der Waals surface area contributed by atoms with E-state index in [0.717, 1.165) is 25.7 Å². The molecule has 0 radical (unpaired) electrons. The summed E-state index contributed by atoms with van der Waals surface area (Å²) in [5.41, 5.74) is -0.780. The molecule has 2 saturated heterocycles. The predicted octanol–water partition coefficient (Wildman–Crippen LogP) is 1.70. The normalized spacial score (nSPS) is 33.0. The van der Waals surface area contributed by atoms with Crippen molar-refractivity contribution in [3.05, 3.63) is 0 Å². The number of carbonyl (C=O) groups is 2. The molecular formula is C16H26N2O4S. The maximum atomic E-state index is 12.9. The zero-order valence-corrected chi connectivity index (χ0v) is 14.5. The highest BCUT2D eigenvalue weighted by molar-refractivity contribution is 7.91. The fraction of sp³-hybridized carbons (Fsp3) is 0.875. The van der Waals surface area contributed by atoms with Gasteiger partial charge in [0.1, 0.15) is 15.4 Å². The summed E-state index contributed by atoms with van der Waals surface area (Å²) in [6.07, 6.45) is 6.48. The molecule has 0 aromatic carbocycles. The van der Waals surface area contributed by atoms with Gasteiger partial charge in [0.05, 0.1) is 11.5 Å². The Labute approximate surface area is 137 Å². The first-order chi connectivity index (χ1) is 10.8. The SMILES string of the molecule is C[C@]1(C2CCCCC2)NC(=O)N(CC2CCS(=O)(=O)CC2)C1=O. The lowest BCUT2D eigenvalue weighted by atomic mass is 9.75. The molecule has 0 unspecified atom stereocenters. The van der Waals surface area contributed by atoms with Crippen molar-refractivity contribution in [2.24, 2.45) is 11.8 Å². The lowest BCUT2D eigenvalue weighted by Gasteiger charge is -2.34. The molecule has 6 nitrogen and oxygen atoms in total. The summed E-state index contributed by atoms with van der Waals surface area (Å²) in [7, 11) is -2.92. The Kier molecular flexibility index (Phi) is 4.42. The molecule has 1 saturated carbocycles. The summed E-state index contributed by atoms with van der Waals surface area (Å²) >= 11 is 0. The number of sulfone groups is 1. The van der Waals surface area contributed by atoms with Gasteiger partial charge in [-0.3, -0.25) is 9.69 Å². The highest BCUT2D eigenvalue weighted by Crippen LogP contribution is 2.37. The fourth-order valence-electron chi connectivity index (χ4n) is 4.22. The van der Waals surface area contributed by atoms with Crippen LogP contribution in [-0.4, -0.2) is 48.8 Å². The van der Waals surface area contributed by atoms with E-state index in [-0.39, 0.29) is 35.3 Å². The minimum atomic E-state index is -2.92. The van der Waals surface area contributed by atoms with E-state index >= 15 is 0 Å². The minimum Gasteiger partial charge on any atom is -0.323 e. The highest BCUT2D eigenvalue weighted by Gasteiger charge is 2.52. The van der Waals surface area contributed by atoms with Crippen molar-refractivity contribution in [1.29, 1.82) is 0 Å². The van der Waals surface area contributed by atoms with E-state index in [2.05, 4.69) is 5.32 Å². The van der Waals surface area contributed by atoms with Gasteiger partial charge in [-0.25, -0.2) is 13.2 Å². The molecule has 0 bridgehead atoms. The lowest BCUT2D eigenvalue weighted by Crippen LogP contribution is -2.51. The zero-order chi connectivity index (χ0) is 16.7. The Balaban J connectivity index is 1.67. The summed E-state index contributed by atoms with van der Waals surface area (Å²) in [4.78, 5) is 26.5. The first kappa shape index (κ1) is 16.7. The van der Waals surface area contributed by atoms with Gasteiger partial charge < -0.3 is 5.32 Å². The van der Waals surface area contributed by atoms with Gasteiger partial charge in [-0.05, 0) is 44.4 Å².